The first-order valence-electron chi connectivity index (χ1n) is 5.32. The maximum Gasteiger partial charge on any atom is 0.153 e. The maximum atomic E-state index is 11.0. The van der Waals surface area contributed by atoms with E-state index in [9.17, 15) is 4.79 Å². The predicted octanol–water partition coefficient (Wildman–Crippen LogP) is 3.31. The molecule has 0 atom stereocenters. The summed E-state index contributed by atoms with van der Waals surface area (Å²) in [6.45, 7) is 0. The number of hydrogen-bond acceptors (Lipinski definition) is 2. The molecule has 2 aromatic rings. The zero-order valence-corrected chi connectivity index (χ0v) is 9.24. The molecular formula is C15H12O2. The van der Waals surface area contributed by atoms with E-state index in [4.69, 9.17) is 4.74 Å². The van der Waals surface area contributed by atoms with Gasteiger partial charge < -0.3 is 4.74 Å². The first-order chi connectivity index (χ1) is 8.40. The molecule has 0 spiro atoms. The van der Waals surface area contributed by atoms with Crippen molar-refractivity contribution in [2.75, 3.05) is 0 Å². The molecule has 0 N–H and O–H groups in total. The van der Waals surface area contributed by atoms with Gasteiger partial charge in [-0.1, -0.05) is 48.5 Å². The Morgan fingerprint density at radius 1 is 0.882 bits per heavy atom. The SMILES string of the molecule is O=C/C(=C\Oc1ccccc1)c1ccccc1. The van der Waals surface area contributed by atoms with Crippen molar-refractivity contribution in [3.8, 4) is 5.75 Å². The van der Waals surface area contributed by atoms with Gasteiger partial charge in [-0.05, 0) is 17.7 Å². The fourth-order valence-electron chi connectivity index (χ4n) is 1.43. The van der Waals surface area contributed by atoms with Gasteiger partial charge in [-0.15, -0.1) is 0 Å². The molecule has 0 saturated heterocycles. The van der Waals surface area contributed by atoms with E-state index in [1.807, 2.05) is 60.7 Å². The van der Waals surface area contributed by atoms with Gasteiger partial charge in [-0.2, -0.15) is 0 Å². The van der Waals surface area contributed by atoms with Crippen LogP contribution in [0.25, 0.3) is 5.57 Å². The number of carbonyl (C=O) groups excluding carboxylic acids is 1. The summed E-state index contributed by atoms with van der Waals surface area (Å²) in [5.41, 5.74) is 1.37. The molecule has 0 aliphatic carbocycles. The summed E-state index contributed by atoms with van der Waals surface area (Å²) in [6, 6.07) is 18.8. The molecule has 0 aromatic heterocycles. The molecule has 0 saturated carbocycles. The van der Waals surface area contributed by atoms with Crippen LogP contribution in [-0.4, -0.2) is 6.29 Å². The topological polar surface area (TPSA) is 26.3 Å². The summed E-state index contributed by atoms with van der Waals surface area (Å²) < 4.78 is 5.42. The summed E-state index contributed by atoms with van der Waals surface area (Å²) in [5.74, 6) is 0.711. The number of hydrogen-bond donors (Lipinski definition) is 0. The van der Waals surface area contributed by atoms with Gasteiger partial charge in [-0.25, -0.2) is 0 Å². The molecule has 0 aliphatic heterocycles. The fourth-order valence-corrected chi connectivity index (χ4v) is 1.43. The van der Waals surface area contributed by atoms with Crippen molar-refractivity contribution < 1.29 is 9.53 Å². The molecule has 2 nitrogen and oxygen atoms in total. The van der Waals surface area contributed by atoms with Crippen LogP contribution in [0.2, 0.25) is 0 Å². The number of aldehydes is 1. The van der Waals surface area contributed by atoms with Crippen LogP contribution in [0.1, 0.15) is 5.56 Å². The molecule has 0 unspecified atom stereocenters. The van der Waals surface area contributed by atoms with Gasteiger partial charge in [0.1, 0.15) is 12.0 Å². The highest BCUT2D eigenvalue weighted by atomic mass is 16.5. The first kappa shape index (κ1) is 11.1. The Hall–Kier alpha value is -2.35. The van der Waals surface area contributed by atoms with E-state index in [1.54, 1.807) is 0 Å². The Morgan fingerprint density at radius 2 is 1.47 bits per heavy atom. The van der Waals surface area contributed by atoms with Crippen LogP contribution >= 0.6 is 0 Å². The second kappa shape index (κ2) is 5.66. The van der Waals surface area contributed by atoms with E-state index >= 15 is 0 Å². The lowest BCUT2D eigenvalue weighted by Gasteiger charge is -2.02. The van der Waals surface area contributed by atoms with Crippen LogP contribution in [0.3, 0.4) is 0 Å². The van der Waals surface area contributed by atoms with Crippen LogP contribution in [0.5, 0.6) is 5.75 Å². The fraction of sp³-hybridized carbons (Fsp3) is 0. The maximum absolute atomic E-state index is 11.0. The van der Waals surface area contributed by atoms with Gasteiger partial charge in [0.2, 0.25) is 0 Å². The lowest BCUT2D eigenvalue weighted by Crippen LogP contribution is -1.90. The van der Waals surface area contributed by atoms with Crippen LogP contribution in [0, 0.1) is 0 Å². The smallest absolute Gasteiger partial charge is 0.153 e. The van der Waals surface area contributed by atoms with Gasteiger partial charge in [0.25, 0.3) is 0 Å². The molecule has 2 rings (SSSR count). The number of rotatable bonds is 4. The lowest BCUT2D eigenvalue weighted by molar-refractivity contribution is -0.103. The third-order valence-corrected chi connectivity index (χ3v) is 2.30. The van der Waals surface area contributed by atoms with E-state index in [2.05, 4.69) is 0 Å². The second-order valence-electron chi connectivity index (χ2n) is 3.49. The van der Waals surface area contributed by atoms with Gasteiger partial charge in [-0.3, -0.25) is 4.79 Å². The third kappa shape index (κ3) is 3.05. The number of benzene rings is 2. The third-order valence-electron chi connectivity index (χ3n) is 2.30. The van der Waals surface area contributed by atoms with E-state index in [0.29, 0.717) is 11.3 Å². The Balaban J connectivity index is 2.17. The summed E-state index contributed by atoms with van der Waals surface area (Å²) in [4.78, 5) is 11.0. The molecule has 0 heterocycles. The summed E-state index contributed by atoms with van der Waals surface area (Å²) >= 11 is 0. The second-order valence-corrected chi connectivity index (χ2v) is 3.49. The normalized spacial score (nSPS) is 10.9. The average molecular weight is 224 g/mol. The zero-order valence-electron chi connectivity index (χ0n) is 9.24. The highest BCUT2D eigenvalue weighted by Gasteiger charge is 1.99. The molecule has 0 amide bonds. The van der Waals surface area contributed by atoms with Crippen LogP contribution in [-0.2, 0) is 4.79 Å². The zero-order chi connectivity index (χ0) is 11.9. The monoisotopic (exact) mass is 224 g/mol. The number of para-hydroxylation sites is 1. The Labute approximate surface area is 100 Å². The Bertz CT molecular complexity index is 501. The average Bonchev–Trinajstić information content (AvgIpc) is 2.42. The van der Waals surface area contributed by atoms with Gasteiger partial charge in [0.15, 0.2) is 6.29 Å². The van der Waals surface area contributed by atoms with Crippen LogP contribution in [0.4, 0.5) is 0 Å². The van der Waals surface area contributed by atoms with Gasteiger partial charge in [0, 0.05) is 0 Å². The molecule has 2 aromatic carbocycles. The van der Waals surface area contributed by atoms with Crippen molar-refractivity contribution in [3.63, 3.8) is 0 Å². The van der Waals surface area contributed by atoms with E-state index in [1.165, 1.54) is 6.26 Å². The minimum absolute atomic E-state index is 0.523. The summed E-state index contributed by atoms with van der Waals surface area (Å²) in [7, 11) is 0. The van der Waals surface area contributed by atoms with E-state index < -0.39 is 0 Å². The van der Waals surface area contributed by atoms with Crippen LogP contribution < -0.4 is 4.74 Å². The molecule has 0 bridgehead atoms. The highest BCUT2D eigenvalue weighted by Crippen LogP contribution is 2.14. The standard InChI is InChI=1S/C15H12O2/c16-11-14(13-7-3-1-4-8-13)12-17-15-9-5-2-6-10-15/h1-12H/b14-12+. The number of carbonyl (C=O) groups is 1. The molecule has 84 valence electrons. The van der Waals surface area contributed by atoms with Crippen molar-refractivity contribution in [3.05, 3.63) is 72.5 Å². The molecule has 0 radical (unpaired) electrons. The van der Waals surface area contributed by atoms with Crippen LogP contribution in [0.15, 0.2) is 66.9 Å². The molecule has 2 heteroatoms. The Morgan fingerprint density at radius 3 is 2.06 bits per heavy atom. The number of allylic oxidation sites excluding steroid dienone is 1. The first-order valence-corrected chi connectivity index (χ1v) is 5.32. The van der Waals surface area contributed by atoms with Crippen molar-refractivity contribution in [1.29, 1.82) is 0 Å². The molecular weight excluding hydrogens is 212 g/mol. The molecule has 0 fully saturated rings. The largest absolute Gasteiger partial charge is 0.464 e. The van der Waals surface area contributed by atoms with E-state index in [-0.39, 0.29) is 0 Å². The van der Waals surface area contributed by atoms with Crippen molar-refractivity contribution in [2.24, 2.45) is 0 Å². The predicted molar refractivity (Wildman–Crippen MR) is 67.6 cm³/mol. The minimum Gasteiger partial charge on any atom is -0.464 e. The quantitative estimate of drug-likeness (QED) is 0.452. The molecule has 0 aliphatic rings. The Kier molecular flexibility index (Phi) is 3.71. The number of ether oxygens (including phenoxy) is 1. The summed E-state index contributed by atoms with van der Waals surface area (Å²) in [6.07, 6.45) is 2.26. The highest BCUT2D eigenvalue weighted by molar-refractivity contribution is 6.06. The summed E-state index contributed by atoms with van der Waals surface area (Å²) in [5, 5.41) is 0. The van der Waals surface area contributed by atoms with Crippen molar-refractivity contribution in [2.45, 2.75) is 0 Å². The molecule has 17 heavy (non-hydrogen) atoms. The minimum atomic E-state index is 0.523. The van der Waals surface area contributed by atoms with Gasteiger partial charge in [0.05, 0.1) is 5.57 Å². The van der Waals surface area contributed by atoms with Crippen molar-refractivity contribution in [1.82, 2.24) is 0 Å². The lowest BCUT2D eigenvalue weighted by atomic mass is 10.1. The van der Waals surface area contributed by atoms with E-state index in [0.717, 1.165) is 11.8 Å². The van der Waals surface area contributed by atoms with Gasteiger partial charge >= 0.3 is 0 Å². The van der Waals surface area contributed by atoms with Crippen molar-refractivity contribution >= 4 is 11.9 Å².